The van der Waals surface area contributed by atoms with Crippen LogP contribution in [0, 0.1) is 6.92 Å². The molecule has 3 N–H and O–H groups in total. The number of alkyl halides is 3. The first-order chi connectivity index (χ1) is 13.9. The quantitative estimate of drug-likeness (QED) is 0.633. The highest BCUT2D eigenvalue weighted by molar-refractivity contribution is 7.89. The number of nitrogens with two attached hydrogens (primary N) is 1. The van der Waals surface area contributed by atoms with Crippen molar-refractivity contribution in [2.45, 2.75) is 24.4 Å². The third-order valence-corrected chi connectivity index (χ3v) is 5.01. The molecule has 0 aliphatic carbocycles. The van der Waals surface area contributed by atoms with Crippen molar-refractivity contribution < 1.29 is 26.4 Å². The standard InChI is InChI=1S/C18H16F3N5O3S/c1-11-2-4-12(5-3-11)8-17(27)23-13-6-7-14(15(9-13)30(22,28)29)26-10-16(24-25-26)18(19,20)21/h2-7,9-10H,8H2,1H3,(H,23,27)(H2,22,28,29). The van der Waals surface area contributed by atoms with Gasteiger partial charge < -0.3 is 5.32 Å². The SMILES string of the molecule is Cc1ccc(CC(=O)Nc2ccc(-n3cc(C(F)(F)F)nn3)c(S(N)(=O)=O)c2)cc1. The zero-order chi connectivity index (χ0) is 22.1. The molecule has 12 heteroatoms. The number of carbonyl (C=O) groups excluding carboxylic acids is 1. The second-order valence-electron chi connectivity index (χ2n) is 6.48. The molecule has 1 heterocycles. The van der Waals surface area contributed by atoms with Crippen molar-refractivity contribution in [1.29, 1.82) is 0 Å². The molecule has 0 saturated heterocycles. The summed E-state index contributed by atoms with van der Waals surface area (Å²) in [4.78, 5) is 11.7. The normalized spacial score (nSPS) is 12.0. The fourth-order valence-corrected chi connectivity index (χ4v) is 3.36. The molecular weight excluding hydrogens is 423 g/mol. The monoisotopic (exact) mass is 439 g/mol. The average molecular weight is 439 g/mol. The van der Waals surface area contributed by atoms with Crippen molar-refractivity contribution >= 4 is 21.6 Å². The third-order valence-electron chi connectivity index (χ3n) is 4.07. The maximum Gasteiger partial charge on any atom is 0.436 e. The molecule has 0 atom stereocenters. The van der Waals surface area contributed by atoms with E-state index in [2.05, 4.69) is 15.6 Å². The molecule has 1 amide bonds. The molecular formula is C18H16F3N5O3S. The van der Waals surface area contributed by atoms with Crippen LogP contribution in [0.2, 0.25) is 0 Å². The number of sulfonamides is 1. The van der Waals surface area contributed by atoms with Crippen LogP contribution in [0.3, 0.4) is 0 Å². The predicted molar refractivity (Wildman–Crippen MR) is 101 cm³/mol. The summed E-state index contributed by atoms with van der Waals surface area (Å²) < 4.78 is 62.9. The minimum Gasteiger partial charge on any atom is -0.326 e. The van der Waals surface area contributed by atoms with Gasteiger partial charge in [0.1, 0.15) is 4.90 Å². The first-order valence-electron chi connectivity index (χ1n) is 8.45. The Morgan fingerprint density at radius 1 is 1.17 bits per heavy atom. The van der Waals surface area contributed by atoms with Gasteiger partial charge in [-0.2, -0.15) is 13.2 Å². The molecule has 0 aliphatic heterocycles. The van der Waals surface area contributed by atoms with Crippen molar-refractivity contribution in [3.05, 3.63) is 65.5 Å². The van der Waals surface area contributed by atoms with E-state index in [-0.39, 0.29) is 17.8 Å². The van der Waals surface area contributed by atoms with Crippen LogP contribution in [0.15, 0.2) is 53.6 Å². The Morgan fingerprint density at radius 2 is 1.83 bits per heavy atom. The Morgan fingerprint density at radius 3 is 2.40 bits per heavy atom. The van der Waals surface area contributed by atoms with Gasteiger partial charge in [0.2, 0.25) is 15.9 Å². The number of anilines is 1. The lowest BCUT2D eigenvalue weighted by molar-refractivity contribution is -0.141. The van der Waals surface area contributed by atoms with Crippen molar-refractivity contribution in [2.24, 2.45) is 5.14 Å². The molecule has 2 aromatic carbocycles. The van der Waals surface area contributed by atoms with Crippen LogP contribution in [0.1, 0.15) is 16.8 Å². The number of nitrogens with zero attached hydrogens (tertiary/aromatic N) is 3. The summed E-state index contributed by atoms with van der Waals surface area (Å²) in [6.07, 6.45) is -4.16. The third kappa shape index (κ3) is 5.02. The van der Waals surface area contributed by atoms with Crippen molar-refractivity contribution in [3.8, 4) is 5.69 Å². The van der Waals surface area contributed by atoms with E-state index in [1.54, 1.807) is 12.1 Å². The first kappa shape index (κ1) is 21.5. The number of aromatic nitrogens is 3. The second-order valence-corrected chi connectivity index (χ2v) is 8.01. The summed E-state index contributed by atoms with van der Waals surface area (Å²) in [7, 11) is -4.35. The lowest BCUT2D eigenvalue weighted by Crippen LogP contribution is -2.18. The average Bonchev–Trinajstić information content (AvgIpc) is 3.13. The number of carbonyl (C=O) groups is 1. The van der Waals surface area contributed by atoms with Crippen molar-refractivity contribution in [1.82, 2.24) is 15.0 Å². The van der Waals surface area contributed by atoms with E-state index in [1.807, 2.05) is 19.1 Å². The van der Waals surface area contributed by atoms with Crippen LogP contribution in [0.4, 0.5) is 18.9 Å². The first-order valence-corrected chi connectivity index (χ1v) is 10.0. The largest absolute Gasteiger partial charge is 0.436 e. The lowest BCUT2D eigenvalue weighted by atomic mass is 10.1. The summed E-state index contributed by atoms with van der Waals surface area (Å²) in [5, 5.41) is 14.1. The van der Waals surface area contributed by atoms with Crippen LogP contribution in [0.5, 0.6) is 0 Å². The number of primary sulfonamides is 1. The number of nitrogens with one attached hydrogen (secondary N) is 1. The highest BCUT2D eigenvalue weighted by atomic mass is 32.2. The van der Waals surface area contributed by atoms with Crippen LogP contribution in [-0.4, -0.2) is 29.3 Å². The number of halogens is 3. The van der Waals surface area contributed by atoms with E-state index >= 15 is 0 Å². The van der Waals surface area contributed by atoms with Gasteiger partial charge in [-0.05, 0) is 30.7 Å². The molecule has 8 nitrogen and oxygen atoms in total. The molecule has 1 aromatic heterocycles. The Labute approximate surface area is 169 Å². The van der Waals surface area contributed by atoms with Crippen LogP contribution < -0.4 is 10.5 Å². The van der Waals surface area contributed by atoms with Crippen LogP contribution in [-0.2, 0) is 27.4 Å². The highest BCUT2D eigenvalue weighted by Gasteiger charge is 2.35. The van der Waals surface area contributed by atoms with Gasteiger partial charge >= 0.3 is 6.18 Å². The molecule has 0 fully saturated rings. The molecule has 0 unspecified atom stereocenters. The molecule has 0 aliphatic rings. The number of aryl methyl sites for hydroxylation is 1. The maximum absolute atomic E-state index is 12.8. The molecule has 0 spiro atoms. The van der Waals surface area contributed by atoms with E-state index < -0.39 is 32.7 Å². The molecule has 0 radical (unpaired) electrons. The topological polar surface area (TPSA) is 120 Å². The van der Waals surface area contributed by atoms with Gasteiger partial charge in [-0.15, -0.1) is 5.10 Å². The van der Waals surface area contributed by atoms with E-state index in [1.165, 1.54) is 12.1 Å². The van der Waals surface area contributed by atoms with E-state index in [0.717, 1.165) is 17.2 Å². The Balaban J connectivity index is 1.88. The number of hydrogen-bond acceptors (Lipinski definition) is 5. The summed E-state index contributed by atoms with van der Waals surface area (Å²) in [5.74, 6) is -0.410. The predicted octanol–water partition coefficient (Wildman–Crippen LogP) is 2.42. The zero-order valence-electron chi connectivity index (χ0n) is 15.5. The summed E-state index contributed by atoms with van der Waals surface area (Å²) >= 11 is 0. The summed E-state index contributed by atoms with van der Waals surface area (Å²) in [6, 6.07) is 10.8. The summed E-state index contributed by atoms with van der Waals surface area (Å²) in [6.45, 7) is 1.91. The van der Waals surface area contributed by atoms with Gasteiger partial charge in [-0.25, -0.2) is 18.2 Å². The smallest absolute Gasteiger partial charge is 0.326 e. The van der Waals surface area contributed by atoms with Crippen molar-refractivity contribution in [3.63, 3.8) is 0 Å². The van der Waals surface area contributed by atoms with Gasteiger partial charge in [-0.1, -0.05) is 35.0 Å². The molecule has 0 saturated carbocycles. The fraction of sp³-hybridized carbons (Fsp3) is 0.167. The minimum atomic E-state index is -4.75. The maximum atomic E-state index is 12.8. The van der Waals surface area contributed by atoms with Gasteiger partial charge in [0.05, 0.1) is 18.3 Å². The zero-order valence-corrected chi connectivity index (χ0v) is 16.3. The second kappa shape index (κ2) is 7.88. The van der Waals surface area contributed by atoms with Crippen molar-refractivity contribution in [2.75, 3.05) is 5.32 Å². The van der Waals surface area contributed by atoms with E-state index in [4.69, 9.17) is 5.14 Å². The minimum absolute atomic E-state index is 0.0464. The van der Waals surface area contributed by atoms with Crippen LogP contribution >= 0.6 is 0 Å². The lowest BCUT2D eigenvalue weighted by Gasteiger charge is -2.11. The van der Waals surface area contributed by atoms with Crippen LogP contribution in [0.25, 0.3) is 5.69 Å². The van der Waals surface area contributed by atoms with Gasteiger partial charge in [0.25, 0.3) is 0 Å². The summed E-state index contributed by atoms with van der Waals surface area (Å²) in [5.41, 5.74) is 0.365. The Hall–Kier alpha value is -3.25. The molecule has 158 valence electrons. The molecule has 3 rings (SSSR count). The molecule has 30 heavy (non-hydrogen) atoms. The van der Waals surface area contributed by atoms with Gasteiger partial charge in [0, 0.05) is 5.69 Å². The number of hydrogen-bond donors (Lipinski definition) is 2. The van der Waals surface area contributed by atoms with E-state index in [0.29, 0.717) is 10.9 Å². The number of benzene rings is 2. The van der Waals surface area contributed by atoms with Gasteiger partial charge in [0.15, 0.2) is 5.69 Å². The fourth-order valence-electron chi connectivity index (χ4n) is 2.62. The Kier molecular flexibility index (Phi) is 5.63. The number of amides is 1. The van der Waals surface area contributed by atoms with E-state index in [9.17, 15) is 26.4 Å². The molecule has 0 bridgehead atoms. The highest BCUT2D eigenvalue weighted by Crippen LogP contribution is 2.29. The number of rotatable bonds is 5. The molecule has 3 aromatic rings. The Bertz CT molecular complexity index is 1190. The van der Waals surface area contributed by atoms with Gasteiger partial charge in [-0.3, -0.25) is 4.79 Å².